The average molecular weight is 265 g/mol. The van der Waals surface area contributed by atoms with E-state index >= 15 is 0 Å². The molecule has 6 nitrogen and oxygen atoms in total. The fourth-order valence-electron chi connectivity index (χ4n) is 1.63. The van der Waals surface area contributed by atoms with Crippen molar-refractivity contribution in [3.8, 4) is 5.75 Å². The predicted octanol–water partition coefficient (Wildman–Crippen LogP) is 1.44. The minimum atomic E-state index is -1.10. The number of hydrogen-bond acceptors (Lipinski definition) is 4. The van der Waals surface area contributed by atoms with Gasteiger partial charge in [0.05, 0.1) is 0 Å². The maximum atomic E-state index is 11.5. The highest BCUT2D eigenvalue weighted by Crippen LogP contribution is 2.21. The molecule has 1 atom stereocenters. The van der Waals surface area contributed by atoms with E-state index < -0.39 is 18.0 Å². The normalized spacial score (nSPS) is 11.5. The summed E-state index contributed by atoms with van der Waals surface area (Å²) in [6, 6.07) is 5.08. The van der Waals surface area contributed by atoms with Gasteiger partial charge in [-0.05, 0) is 31.2 Å². The molecule has 0 saturated heterocycles. The van der Waals surface area contributed by atoms with E-state index in [0.717, 1.165) is 4.90 Å². The first-order valence-electron chi connectivity index (χ1n) is 5.64. The van der Waals surface area contributed by atoms with E-state index in [1.807, 2.05) is 0 Å². The zero-order chi connectivity index (χ0) is 14.6. The van der Waals surface area contributed by atoms with Crippen molar-refractivity contribution >= 4 is 23.5 Å². The molecule has 0 aliphatic carbocycles. The lowest BCUT2D eigenvalue weighted by Gasteiger charge is -2.25. The SMILES string of the molecule is CC(=O)Oc1ccc(N(C(C)=O)[C@@H](C)C(=O)O)cc1. The Morgan fingerprint density at radius 2 is 1.68 bits per heavy atom. The van der Waals surface area contributed by atoms with Gasteiger partial charge >= 0.3 is 11.9 Å². The number of carbonyl (C=O) groups is 3. The molecule has 0 aliphatic rings. The van der Waals surface area contributed by atoms with Crippen molar-refractivity contribution in [1.29, 1.82) is 0 Å². The maximum Gasteiger partial charge on any atom is 0.326 e. The van der Waals surface area contributed by atoms with Gasteiger partial charge in [-0.2, -0.15) is 0 Å². The first kappa shape index (κ1) is 14.7. The average Bonchev–Trinajstić information content (AvgIpc) is 2.30. The van der Waals surface area contributed by atoms with E-state index in [1.54, 1.807) is 0 Å². The van der Waals surface area contributed by atoms with Gasteiger partial charge in [0.2, 0.25) is 5.91 Å². The molecule has 0 spiro atoms. The predicted molar refractivity (Wildman–Crippen MR) is 68.0 cm³/mol. The second-order valence-corrected chi connectivity index (χ2v) is 3.99. The molecule has 102 valence electrons. The Bertz CT molecular complexity index is 494. The van der Waals surface area contributed by atoms with E-state index in [1.165, 1.54) is 45.0 Å². The molecule has 1 N–H and O–H groups in total. The summed E-state index contributed by atoms with van der Waals surface area (Å²) in [6.07, 6.45) is 0. The van der Waals surface area contributed by atoms with Crippen LogP contribution >= 0.6 is 0 Å². The van der Waals surface area contributed by atoms with Crippen molar-refractivity contribution in [3.05, 3.63) is 24.3 Å². The molecule has 1 amide bonds. The van der Waals surface area contributed by atoms with Crippen LogP contribution in [0.4, 0.5) is 5.69 Å². The monoisotopic (exact) mass is 265 g/mol. The summed E-state index contributed by atoms with van der Waals surface area (Å²) in [4.78, 5) is 34.4. The van der Waals surface area contributed by atoms with Gasteiger partial charge in [-0.3, -0.25) is 14.5 Å². The van der Waals surface area contributed by atoms with Crippen LogP contribution in [0.25, 0.3) is 0 Å². The summed E-state index contributed by atoms with van der Waals surface area (Å²) in [7, 11) is 0. The highest BCUT2D eigenvalue weighted by molar-refractivity contribution is 5.97. The third-order valence-electron chi connectivity index (χ3n) is 2.46. The van der Waals surface area contributed by atoms with Crippen molar-refractivity contribution in [2.24, 2.45) is 0 Å². The summed E-state index contributed by atoms with van der Waals surface area (Å²) in [6.45, 7) is 3.99. The van der Waals surface area contributed by atoms with Crippen LogP contribution < -0.4 is 9.64 Å². The molecule has 0 bridgehead atoms. The fourth-order valence-corrected chi connectivity index (χ4v) is 1.63. The van der Waals surface area contributed by atoms with E-state index in [2.05, 4.69) is 0 Å². The van der Waals surface area contributed by atoms with Gasteiger partial charge in [0.1, 0.15) is 11.8 Å². The molecule has 0 radical (unpaired) electrons. The first-order valence-corrected chi connectivity index (χ1v) is 5.64. The number of rotatable bonds is 4. The number of carbonyl (C=O) groups excluding carboxylic acids is 2. The van der Waals surface area contributed by atoms with E-state index in [9.17, 15) is 14.4 Å². The highest BCUT2D eigenvalue weighted by atomic mass is 16.5. The van der Waals surface area contributed by atoms with Gasteiger partial charge in [-0.25, -0.2) is 4.79 Å². The quantitative estimate of drug-likeness (QED) is 0.657. The molecule has 0 unspecified atom stereocenters. The zero-order valence-corrected chi connectivity index (χ0v) is 10.9. The van der Waals surface area contributed by atoms with Crippen molar-refractivity contribution in [2.75, 3.05) is 4.90 Å². The Labute approximate surface area is 110 Å². The number of aliphatic carboxylic acids is 1. The highest BCUT2D eigenvalue weighted by Gasteiger charge is 2.24. The second-order valence-electron chi connectivity index (χ2n) is 3.99. The van der Waals surface area contributed by atoms with E-state index in [0.29, 0.717) is 11.4 Å². The lowest BCUT2D eigenvalue weighted by atomic mass is 10.2. The van der Waals surface area contributed by atoms with Crippen molar-refractivity contribution < 1.29 is 24.2 Å². The second kappa shape index (κ2) is 5.99. The third kappa shape index (κ3) is 3.80. The molecule has 19 heavy (non-hydrogen) atoms. The largest absolute Gasteiger partial charge is 0.480 e. The van der Waals surface area contributed by atoms with Crippen LogP contribution in [0, 0.1) is 0 Å². The number of carboxylic acids is 1. The molecule has 1 aromatic rings. The lowest BCUT2D eigenvalue weighted by molar-refractivity contribution is -0.139. The van der Waals surface area contributed by atoms with Crippen molar-refractivity contribution in [1.82, 2.24) is 0 Å². The Hall–Kier alpha value is -2.37. The number of nitrogens with zero attached hydrogens (tertiary/aromatic N) is 1. The van der Waals surface area contributed by atoms with Gasteiger partial charge in [-0.15, -0.1) is 0 Å². The van der Waals surface area contributed by atoms with Crippen LogP contribution in [0.15, 0.2) is 24.3 Å². The van der Waals surface area contributed by atoms with E-state index in [-0.39, 0.29) is 5.91 Å². The minimum Gasteiger partial charge on any atom is -0.480 e. The Morgan fingerprint density at radius 3 is 2.05 bits per heavy atom. The van der Waals surface area contributed by atoms with Crippen molar-refractivity contribution in [2.45, 2.75) is 26.8 Å². The smallest absolute Gasteiger partial charge is 0.326 e. The Morgan fingerprint density at radius 1 is 1.16 bits per heavy atom. The van der Waals surface area contributed by atoms with Crippen LogP contribution in [-0.2, 0) is 14.4 Å². The number of ether oxygens (including phenoxy) is 1. The number of anilines is 1. The number of hydrogen-bond donors (Lipinski definition) is 1. The molecular weight excluding hydrogens is 250 g/mol. The third-order valence-corrected chi connectivity index (χ3v) is 2.46. The summed E-state index contributed by atoms with van der Waals surface area (Å²) in [5.41, 5.74) is 0.429. The number of esters is 1. The van der Waals surface area contributed by atoms with Crippen LogP contribution in [0.1, 0.15) is 20.8 Å². The summed E-state index contributed by atoms with van der Waals surface area (Å²) < 4.78 is 4.86. The Balaban J connectivity index is 3.01. The summed E-state index contributed by atoms with van der Waals surface area (Å²) >= 11 is 0. The molecule has 1 aromatic carbocycles. The zero-order valence-electron chi connectivity index (χ0n) is 10.9. The standard InChI is InChI=1S/C13H15NO5/c1-8(13(17)18)14(9(2)15)11-4-6-12(7-5-11)19-10(3)16/h4-8H,1-3H3,(H,17,18)/t8-/m0/s1. The lowest BCUT2D eigenvalue weighted by Crippen LogP contribution is -2.42. The van der Waals surface area contributed by atoms with Gasteiger partial charge in [0.15, 0.2) is 0 Å². The minimum absolute atomic E-state index is 0.336. The maximum absolute atomic E-state index is 11.5. The van der Waals surface area contributed by atoms with Crippen LogP contribution in [-0.4, -0.2) is 29.0 Å². The molecule has 6 heteroatoms. The Kier molecular flexibility index (Phi) is 4.63. The molecular formula is C13H15NO5. The number of carboxylic acid groups (broad SMARTS) is 1. The fraction of sp³-hybridized carbons (Fsp3) is 0.308. The topological polar surface area (TPSA) is 83.9 Å². The molecule has 0 saturated carbocycles. The number of benzene rings is 1. The number of amides is 1. The van der Waals surface area contributed by atoms with Gasteiger partial charge in [0.25, 0.3) is 0 Å². The van der Waals surface area contributed by atoms with Crippen LogP contribution in [0.5, 0.6) is 5.75 Å². The van der Waals surface area contributed by atoms with E-state index in [4.69, 9.17) is 9.84 Å². The molecule has 1 rings (SSSR count). The summed E-state index contributed by atoms with van der Waals surface area (Å²) in [5.74, 6) is -1.59. The summed E-state index contributed by atoms with van der Waals surface area (Å²) in [5, 5.41) is 8.97. The molecule has 0 aliphatic heterocycles. The molecule has 0 aromatic heterocycles. The van der Waals surface area contributed by atoms with Gasteiger partial charge in [0, 0.05) is 19.5 Å². The van der Waals surface area contributed by atoms with Crippen LogP contribution in [0.2, 0.25) is 0 Å². The van der Waals surface area contributed by atoms with Gasteiger partial charge in [-0.1, -0.05) is 0 Å². The van der Waals surface area contributed by atoms with Crippen molar-refractivity contribution in [3.63, 3.8) is 0 Å². The molecule has 0 fully saturated rings. The molecule has 0 heterocycles. The first-order chi connectivity index (χ1) is 8.82. The van der Waals surface area contributed by atoms with Gasteiger partial charge < -0.3 is 9.84 Å². The van der Waals surface area contributed by atoms with Crippen LogP contribution in [0.3, 0.4) is 0 Å².